The molecule has 1 fully saturated rings. The lowest BCUT2D eigenvalue weighted by Gasteiger charge is -2.36. The molecule has 196 valence electrons. The highest BCUT2D eigenvalue weighted by Gasteiger charge is 2.32. The number of thioether (sulfide) groups is 1. The Morgan fingerprint density at radius 3 is 2.41 bits per heavy atom. The van der Waals surface area contributed by atoms with E-state index in [-0.39, 0.29) is 37.6 Å². The number of carbonyl (C=O) groups is 2. The van der Waals surface area contributed by atoms with Crippen molar-refractivity contribution in [2.75, 3.05) is 5.75 Å². The fourth-order valence-corrected chi connectivity index (χ4v) is 4.70. The van der Waals surface area contributed by atoms with Gasteiger partial charge in [-0.2, -0.15) is 0 Å². The van der Waals surface area contributed by atoms with Gasteiger partial charge in [0.2, 0.25) is 11.1 Å². The zero-order valence-electron chi connectivity index (χ0n) is 20.3. The first-order valence-corrected chi connectivity index (χ1v) is 12.8. The van der Waals surface area contributed by atoms with Crippen LogP contribution in [0.4, 0.5) is 0 Å². The summed E-state index contributed by atoms with van der Waals surface area (Å²) in [7, 11) is 1.79. The maximum atomic E-state index is 11.8. The molecule has 3 aromatic rings. The van der Waals surface area contributed by atoms with Gasteiger partial charge in [-0.25, -0.2) is 4.68 Å². The van der Waals surface area contributed by atoms with E-state index in [9.17, 15) is 14.7 Å². The Balaban J connectivity index is 1.43. The van der Waals surface area contributed by atoms with Gasteiger partial charge in [-0.3, -0.25) is 9.59 Å². The smallest absolute Gasteiger partial charge is 0.303 e. The number of aromatic nitrogens is 4. The molecule has 0 saturated carbocycles. The molecule has 0 spiro atoms. The van der Waals surface area contributed by atoms with Gasteiger partial charge >= 0.3 is 5.97 Å². The van der Waals surface area contributed by atoms with E-state index in [0.29, 0.717) is 23.9 Å². The number of tetrazole rings is 1. The molecule has 2 aromatic carbocycles. The SMILES string of the molecule is Cn1nnnc1SCC1CC(c2ccc(CO)cc2)OC(c2ccc(CNC(=O)CCC(=O)O)cc2)O1. The van der Waals surface area contributed by atoms with Gasteiger partial charge in [-0.05, 0) is 27.1 Å². The van der Waals surface area contributed by atoms with Crippen LogP contribution >= 0.6 is 11.8 Å². The number of aliphatic hydroxyl groups is 1. The van der Waals surface area contributed by atoms with Gasteiger partial charge in [-0.1, -0.05) is 60.3 Å². The lowest BCUT2D eigenvalue weighted by atomic mass is 10.0. The van der Waals surface area contributed by atoms with Crippen LogP contribution < -0.4 is 5.32 Å². The summed E-state index contributed by atoms with van der Waals surface area (Å²) in [5, 5.41) is 33.1. The molecule has 1 aliphatic rings. The molecule has 4 rings (SSSR count). The van der Waals surface area contributed by atoms with Crippen LogP contribution in [0.15, 0.2) is 53.7 Å². The largest absolute Gasteiger partial charge is 0.481 e. The topological polar surface area (TPSA) is 149 Å². The second kappa shape index (κ2) is 12.8. The van der Waals surface area contributed by atoms with Gasteiger partial charge in [-0.15, -0.1) is 5.10 Å². The predicted molar refractivity (Wildman–Crippen MR) is 133 cm³/mol. The quantitative estimate of drug-likeness (QED) is 0.318. The maximum absolute atomic E-state index is 11.8. The zero-order valence-corrected chi connectivity index (χ0v) is 21.1. The molecule has 1 aromatic heterocycles. The first kappa shape index (κ1) is 26.7. The number of nitrogens with one attached hydrogen (secondary N) is 1. The standard InChI is InChI=1S/C25H29N5O6S/c1-30-25(27-28-29-30)37-15-20-12-21(18-6-4-17(14-31)5-7-18)36-24(35-20)19-8-2-16(3-9-19)13-26-22(32)10-11-23(33)34/h2-9,20-21,24,31H,10-15H2,1H3,(H,26,32)(H,33,34). The average molecular weight is 528 g/mol. The van der Waals surface area contributed by atoms with Crippen molar-refractivity contribution in [3.8, 4) is 0 Å². The molecule has 1 saturated heterocycles. The summed E-state index contributed by atoms with van der Waals surface area (Å²) >= 11 is 1.51. The van der Waals surface area contributed by atoms with Gasteiger partial charge in [0.05, 0.1) is 25.2 Å². The molecule has 3 atom stereocenters. The maximum Gasteiger partial charge on any atom is 0.303 e. The molecule has 37 heavy (non-hydrogen) atoms. The summed E-state index contributed by atoms with van der Waals surface area (Å²) in [6, 6.07) is 15.3. The number of aryl methyl sites for hydroxylation is 1. The highest BCUT2D eigenvalue weighted by atomic mass is 32.2. The minimum absolute atomic E-state index is 0.0189. The van der Waals surface area contributed by atoms with Crippen molar-refractivity contribution in [1.82, 2.24) is 25.5 Å². The van der Waals surface area contributed by atoms with Crippen LogP contribution in [0, 0.1) is 0 Å². The van der Waals surface area contributed by atoms with E-state index in [4.69, 9.17) is 14.6 Å². The number of benzene rings is 2. The van der Waals surface area contributed by atoms with E-state index in [1.165, 1.54) is 11.8 Å². The fraction of sp³-hybridized carbons (Fsp3) is 0.400. The van der Waals surface area contributed by atoms with Crippen LogP contribution in [-0.2, 0) is 39.3 Å². The number of nitrogens with zero attached hydrogens (tertiary/aromatic N) is 4. The van der Waals surface area contributed by atoms with Crippen LogP contribution in [-0.4, -0.2) is 54.2 Å². The highest BCUT2D eigenvalue weighted by Crippen LogP contribution is 2.39. The normalized spacial score (nSPS) is 19.5. The molecular formula is C25H29N5O6S. The van der Waals surface area contributed by atoms with Gasteiger partial charge in [0.15, 0.2) is 6.29 Å². The Labute approximate surface area is 218 Å². The van der Waals surface area contributed by atoms with E-state index in [1.54, 1.807) is 11.7 Å². The summed E-state index contributed by atoms with van der Waals surface area (Å²) < 4.78 is 14.3. The molecule has 1 aliphatic heterocycles. The van der Waals surface area contributed by atoms with Crippen LogP contribution in [0.3, 0.4) is 0 Å². The van der Waals surface area contributed by atoms with Crippen molar-refractivity contribution in [2.24, 2.45) is 7.05 Å². The lowest BCUT2D eigenvalue weighted by molar-refractivity contribution is -0.245. The first-order chi connectivity index (χ1) is 17.9. The van der Waals surface area contributed by atoms with Crippen molar-refractivity contribution in [3.05, 3.63) is 70.8 Å². The van der Waals surface area contributed by atoms with Crippen molar-refractivity contribution in [1.29, 1.82) is 0 Å². The van der Waals surface area contributed by atoms with Crippen LogP contribution in [0.5, 0.6) is 0 Å². The van der Waals surface area contributed by atoms with E-state index in [1.807, 2.05) is 48.5 Å². The molecule has 1 amide bonds. The number of rotatable bonds is 11. The van der Waals surface area contributed by atoms with Crippen molar-refractivity contribution >= 4 is 23.6 Å². The van der Waals surface area contributed by atoms with Crippen LogP contribution in [0.1, 0.15) is 53.9 Å². The first-order valence-electron chi connectivity index (χ1n) is 11.8. The third-order valence-corrected chi connectivity index (χ3v) is 7.04. The molecule has 0 bridgehead atoms. The van der Waals surface area contributed by atoms with Gasteiger partial charge in [0.1, 0.15) is 0 Å². The molecular weight excluding hydrogens is 498 g/mol. The lowest BCUT2D eigenvalue weighted by Crippen LogP contribution is -2.31. The number of carboxylic acids is 1. The van der Waals surface area contributed by atoms with Gasteiger partial charge in [0, 0.05) is 37.8 Å². The Morgan fingerprint density at radius 2 is 1.76 bits per heavy atom. The number of aliphatic carboxylic acids is 1. The van der Waals surface area contributed by atoms with E-state index >= 15 is 0 Å². The summed E-state index contributed by atoms with van der Waals surface area (Å²) in [6.45, 7) is 0.283. The Morgan fingerprint density at radius 1 is 1.05 bits per heavy atom. The van der Waals surface area contributed by atoms with Gasteiger partial charge < -0.3 is 25.0 Å². The predicted octanol–water partition coefficient (Wildman–Crippen LogP) is 2.52. The number of hydrogen-bond donors (Lipinski definition) is 3. The second-order valence-corrected chi connectivity index (χ2v) is 9.65. The summed E-state index contributed by atoms with van der Waals surface area (Å²) in [6.07, 6.45) is -0.537. The summed E-state index contributed by atoms with van der Waals surface area (Å²) in [5.74, 6) is -0.668. The molecule has 3 unspecified atom stereocenters. The number of carboxylic acid groups (broad SMARTS) is 1. The zero-order chi connectivity index (χ0) is 26.2. The van der Waals surface area contributed by atoms with Crippen LogP contribution in [0.25, 0.3) is 0 Å². The molecule has 12 heteroatoms. The molecule has 2 heterocycles. The van der Waals surface area contributed by atoms with Crippen molar-refractivity contribution in [2.45, 2.75) is 56.1 Å². The third-order valence-electron chi connectivity index (χ3n) is 5.90. The average Bonchev–Trinajstić information content (AvgIpc) is 3.34. The Bertz CT molecular complexity index is 1190. The monoisotopic (exact) mass is 527 g/mol. The third kappa shape index (κ3) is 7.59. The Kier molecular flexibility index (Phi) is 9.23. The summed E-state index contributed by atoms with van der Waals surface area (Å²) in [4.78, 5) is 22.4. The highest BCUT2D eigenvalue weighted by molar-refractivity contribution is 7.99. The number of hydrogen-bond acceptors (Lipinski definition) is 9. The minimum Gasteiger partial charge on any atom is -0.481 e. The number of ether oxygens (including phenoxy) is 2. The number of aliphatic hydroxyl groups excluding tert-OH is 1. The van der Waals surface area contributed by atoms with Crippen molar-refractivity contribution < 1.29 is 29.3 Å². The van der Waals surface area contributed by atoms with E-state index in [0.717, 1.165) is 22.3 Å². The molecule has 3 N–H and O–H groups in total. The number of carbonyl (C=O) groups excluding carboxylic acids is 1. The van der Waals surface area contributed by atoms with Gasteiger partial charge in [0.25, 0.3) is 0 Å². The molecule has 0 aliphatic carbocycles. The minimum atomic E-state index is -1.00. The number of amides is 1. The fourth-order valence-electron chi connectivity index (χ4n) is 3.84. The van der Waals surface area contributed by atoms with Crippen LogP contribution in [0.2, 0.25) is 0 Å². The van der Waals surface area contributed by atoms with Crippen molar-refractivity contribution in [3.63, 3.8) is 0 Å². The van der Waals surface area contributed by atoms with E-state index in [2.05, 4.69) is 20.8 Å². The summed E-state index contributed by atoms with van der Waals surface area (Å²) in [5.41, 5.74) is 3.55. The second-order valence-electron chi connectivity index (χ2n) is 8.66. The molecule has 0 radical (unpaired) electrons. The molecule has 11 nitrogen and oxygen atoms in total. The van der Waals surface area contributed by atoms with E-state index < -0.39 is 12.3 Å². The Hall–Kier alpha value is -3.32.